The predicted molar refractivity (Wildman–Crippen MR) is 124 cm³/mol. The number of benzene rings is 1. The van der Waals surface area contributed by atoms with Crippen molar-refractivity contribution in [3.05, 3.63) is 46.4 Å². The number of methoxy groups -OCH3 is 1. The topological polar surface area (TPSA) is 66.0 Å². The van der Waals surface area contributed by atoms with E-state index in [1.165, 1.54) is 4.90 Å². The number of hydrogen-bond donors (Lipinski definition) is 0. The SMILES string of the molecule is COc1cccc(CN2C(=O)N(CCC(C)C)C3(CCN(Cc4nccs4)CC3)C2=O)c1. The molecule has 2 aliphatic heterocycles. The minimum absolute atomic E-state index is 0.0528. The van der Waals surface area contributed by atoms with Gasteiger partial charge in [0.15, 0.2) is 0 Å². The Hall–Kier alpha value is -2.45. The van der Waals surface area contributed by atoms with Crippen molar-refractivity contribution in [1.82, 2.24) is 19.7 Å². The summed E-state index contributed by atoms with van der Waals surface area (Å²) in [6, 6.07) is 7.42. The number of amides is 3. The molecular formula is C24H32N4O3S. The third kappa shape index (κ3) is 4.52. The van der Waals surface area contributed by atoms with Crippen molar-refractivity contribution in [1.29, 1.82) is 0 Å². The Morgan fingerprint density at radius 3 is 2.62 bits per heavy atom. The molecule has 7 nitrogen and oxygen atoms in total. The molecule has 2 aliphatic rings. The molecule has 2 fully saturated rings. The van der Waals surface area contributed by atoms with Crippen LogP contribution in [0, 0.1) is 5.92 Å². The van der Waals surface area contributed by atoms with E-state index < -0.39 is 5.54 Å². The van der Waals surface area contributed by atoms with Gasteiger partial charge >= 0.3 is 6.03 Å². The summed E-state index contributed by atoms with van der Waals surface area (Å²) in [6.07, 6.45) is 4.04. The normalized spacial score (nSPS) is 18.9. The van der Waals surface area contributed by atoms with Crippen LogP contribution in [-0.2, 0) is 17.9 Å². The highest BCUT2D eigenvalue weighted by atomic mass is 32.1. The van der Waals surface area contributed by atoms with Crippen LogP contribution in [0.15, 0.2) is 35.8 Å². The van der Waals surface area contributed by atoms with Gasteiger partial charge in [-0.15, -0.1) is 11.3 Å². The third-order valence-corrected chi connectivity index (χ3v) is 7.32. The maximum absolute atomic E-state index is 13.7. The Balaban J connectivity index is 1.53. The van der Waals surface area contributed by atoms with Gasteiger partial charge in [-0.1, -0.05) is 26.0 Å². The molecule has 8 heteroatoms. The number of urea groups is 1. The number of thiazole rings is 1. The first-order valence-electron chi connectivity index (χ1n) is 11.3. The number of likely N-dealkylation sites (tertiary alicyclic amines) is 1. The molecule has 0 radical (unpaired) electrons. The van der Waals surface area contributed by atoms with Gasteiger partial charge in [0.1, 0.15) is 16.3 Å². The lowest BCUT2D eigenvalue weighted by Gasteiger charge is -2.42. The van der Waals surface area contributed by atoms with E-state index in [1.54, 1.807) is 18.4 Å². The molecule has 3 heterocycles. The molecule has 1 aromatic heterocycles. The molecule has 3 amide bonds. The smallest absolute Gasteiger partial charge is 0.327 e. The van der Waals surface area contributed by atoms with E-state index in [4.69, 9.17) is 4.74 Å². The zero-order valence-corrected chi connectivity index (χ0v) is 19.9. The number of imide groups is 1. The summed E-state index contributed by atoms with van der Waals surface area (Å²) in [7, 11) is 1.62. The van der Waals surface area contributed by atoms with E-state index >= 15 is 0 Å². The second kappa shape index (κ2) is 9.58. The predicted octanol–water partition coefficient (Wildman–Crippen LogP) is 4.00. The number of aromatic nitrogens is 1. The first-order chi connectivity index (χ1) is 15.4. The molecule has 0 aliphatic carbocycles. The van der Waals surface area contributed by atoms with E-state index in [0.29, 0.717) is 25.3 Å². The molecule has 172 valence electrons. The Kier molecular flexibility index (Phi) is 6.81. The summed E-state index contributed by atoms with van der Waals surface area (Å²) in [5.74, 6) is 1.14. The van der Waals surface area contributed by atoms with E-state index in [-0.39, 0.29) is 18.5 Å². The Morgan fingerprint density at radius 1 is 1.19 bits per heavy atom. The minimum Gasteiger partial charge on any atom is -0.497 e. The molecule has 4 rings (SSSR count). The van der Waals surface area contributed by atoms with Crippen LogP contribution >= 0.6 is 11.3 Å². The lowest BCUT2D eigenvalue weighted by atomic mass is 9.85. The second-order valence-corrected chi connectivity index (χ2v) is 10.1. The van der Waals surface area contributed by atoms with Gasteiger partial charge in [-0.3, -0.25) is 14.6 Å². The monoisotopic (exact) mass is 456 g/mol. The van der Waals surface area contributed by atoms with Crippen LogP contribution < -0.4 is 4.74 Å². The molecule has 1 aromatic carbocycles. The fraction of sp³-hybridized carbons (Fsp3) is 0.542. The van der Waals surface area contributed by atoms with Gasteiger partial charge in [0.2, 0.25) is 0 Å². The molecule has 2 aromatic rings. The highest BCUT2D eigenvalue weighted by Gasteiger charge is 2.57. The number of carbonyl (C=O) groups is 2. The summed E-state index contributed by atoms with van der Waals surface area (Å²) < 4.78 is 5.32. The lowest BCUT2D eigenvalue weighted by Crippen LogP contribution is -2.56. The largest absolute Gasteiger partial charge is 0.497 e. The van der Waals surface area contributed by atoms with Crippen molar-refractivity contribution < 1.29 is 14.3 Å². The van der Waals surface area contributed by atoms with Crippen molar-refractivity contribution in [2.24, 2.45) is 5.92 Å². The van der Waals surface area contributed by atoms with Gasteiger partial charge in [-0.25, -0.2) is 9.78 Å². The van der Waals surface area contributed by atoms with Crippen molar-refractivity contribution in [2.75, 3.05) is 26.7 Å². The number of hydrogen-bond acceptors (Lipinski definition) is 6. The van der Waals surface area contributed by atoms with Crippen molar-refractivity contribution in [2.45, 2.75) is 51.7 Å². The molecule has 32 heavy (non-hydrogen) atoms. The fourth-order valence-electron chi connectivity index (χ4n) is 4.66. The molecule has 0 saturated carbocycles. The van der Waals surface area contributed by atoms with Gasteiger partial charge in [0, 0.05) is 31.2 Å². The zero-order chi connectivity index (χ0) is 22.7. The van der Waals surface area contributed by atoms with Crippen LogP contribution in [0.1, 0.15) is 43.7 Å². The molecule has 0 bridgehead atoms. The van der Waals surface area contributed by atoms with Gasteiger partial charge in [-0.2, -0.15) is 0 Å². The molecule has 0 unspecified atom stereocenters. The summed E-state index contributed by atoms with van der Waals surface area (Å²) in [6.45, 7) is 7.56. The third-order valence-electron chi connectivity index (χ3n) is 6.55. The summed E-state index contributed by atoms with van der Waals surface area (Å²) in [4.78, 5) is 37.3. The van der Waals surface area contributed by atoms with Crippen molar-refractivity contribution in [3.8, 4) is 5.75 Å². The molecule has 1 spiro atoms. The van der Waals surface area contributed by atoms with Crippen LogP contribution in [0.3, 0.4) is 0 Å². The molecule has 0 N–H and O–H groups in total. The van der Waals surface area contributed by atoms with Crippen LogP contribution in [0.5, 0.6) is 5.75 Å². The van der Waals surface area contributed by atoms with Gasteiger partial charge in [-0.05, 0) is 42.9 Å². The molecule has 2 saturated heterocycles. The second-order valence-electron chi connectivity index (χ2n) is 9.09. The number of nitrogens with zero attached hydrogens (tertiary/aromatic N) is 4. The first kappa shape index (κ1) is 22.7. The number of rotatable bonds is 8. The van der Waals surface area contributed by atoms with Gasteiger partial charge in [0.25, 0.3) is 5.91 Å². The Bertz CT molecular complexity index is 938. The van der Waals surface area contributed by atoms with E-state index in [1.807, 2.05) is 40.7 Å². The van der Waals surface area contributed by atoms with E-state index in [2.05, 4.69) is 23.7 Å². The molecule has 0 atom stereocenters. The van der Waals surface area contributed by atoms with Gasteiger partial charge < -0.3 is 9.64 Å². The average Bonchev–Trinajstić information content (AvgIpc) is 3.36. The number of piperidine rings is 1. The summed E-state index contributed by atoms with van der Waals surface area (Å²) >= 11 is 1.66. The van der Waals surface area contributed by atoms with Crippen LogP contribution in [-0.4, -0.2) is 63.9 Å². The lowest BCUT2D eigenvalue weighted by molar-refractivity contribution is -0.136. The first-order valence-corrected chi connectivity index (χ1v) is 12.2. The Morgan fingerprint density at radius 2 is 1.97 bits per heavy atom. The maximum Gasteiger partial charge on any atom is 0.327 e. The molecular weight excluding hydrogens is 424 g/mol. The Labute approximate surface area is 194 Å². The van der Waals surface area contributed by atoms with E-state index in [0.717, 1.165) is 42.4 Å². The number of carbonyl (C=O) groups excluding carboxylic acids is 2. The maximum atomic E-state index is 13.7. The van der Waals surface area contributed by atoms with E-state index in [9.17, 15) is 9.59 Å². The summed E-state index contributed by atoms with van der Waals surface area (Å²) in [5, 5.41) is 3.08. The van der Waals surface area contributed by atoms with Gasteiger partial charge in [0.05, 0.1) is 20.2 Å². The average molecular weight is 457 g/mol. The quantitative estimate of drug-likeness (QED) is 0.562. The highest BCUT2D eigenvalue weighted by molar-refractivity contribution is 7.09. The van der Waals surface area contributed by atoms with Crippen molar-refractivity contribution >= 4 is 23.3 Å². The van der Waals surface area contributed by atoms with Crippen molar-refractivity contribution in [3.63, 3.8) is 0 Å². The standard InChI is InChI=1S/C24H32N4O3S/c1-18(2)7-11-28-23(30)27(16-19-5-4-6-20(15-19)31-3)22(29)24(28)8-12-26(13-9-24)17-21-25-10-14-32-21/h4-6,10,14-15,18H,7-9,11-13,16-17H2,1-3H3. The highest BCUT2D eigenvalue weighted by Crippen LogP contribution is 2.39. The van der Waals surface area contributed by atoms with Crippen LogP contribution in [0.4, 0.5) is 4.79 Å². The summed E-state index contributed by atoms with van der Waals surface area (Å²) in [5.41, 5.74) is 0.164. The van der Waals surface area contributed by atoms with Crippen LogP contribution in [0.2, 0.25) is 0 Å². The minimum atomic E-state index is -0.732. The van der Waals surface area contributed by atoms with Crippen LogP contribution in [0.25, 0.3) is 0 Å². The zero-order valence-electron chi connectivity index (χ0n) is 19.1. The fourth-order valence-corrected chi connectivity index (χ4v) is 5.32. The number of ether oxygens (including phenoxy) is 1.